The molecular formula is C20H31N2O7S+. The standard InChI is InChI=1S/C20H30N2O7S/c1-13(2)8-17-18(10-21-12-30(3,28)29)20(26)22(27,19(17)25)15(11-23)9-14-4-6-16(24)7-5-14/h4-7,13,15,17-18,21,23,27H,8-12H2,1-3H3/p+1/t15-,17+,18+,22?/m0/s1. The molecule has 1 aromatic rings. The lowest BCUT2D eigenvalue weighted by Gasteiger charge is -2.28. The predicted octanol–water partition coefficient (Wildman–Crippen LogP) is 0.439. The van der Waals surface area contributed by atoms with E-state index in [1.54, 1.807) is 12.1 Å². The predicted molar refractivity (Wildman–Crippen MR) is 109 cm³/mol. The van der Waals surface area contributed by atoms with Crippen molar-refractivity contribution >= 4 is 21.7 Å². The number of benzene rings is 1. The molecule has 1 fully saturated rings. The third-order valence-corrected chi connectivity index (χ3v) is 6.12. The first kappa shape index (κ1) is 24.4. The zero-order valence-corrected chi connectivity index (χ0v) is 18.3. The third-order valence-electron chi connectivity index (χ3n) is 5.39. The van der Waals surface area contributed by atoms with E-state index >= 15 is 0 Å². The minimum Gasteiger partial charge on any atom is -0.508 e. The Hall–Kier alpha value is -1.85. The van der Waals surface area contributed by atoms with Gasteiger partial charge in [-0.3, -0.25) is 0 Å². The normalized spacial score (nSPS) is 25.8. The molecule has 0 bridgehead atoms. The number of aromatic hydroxyl groups is 1. The van der Waals surface area contributed by atoms with Crippen molar-refractivity contribution in [3.63, 3.8) is 0 Å². The van der Waals surface area contributed by atoms with Crippen molar-refractivity contribution in [2.45, 2.75) is 32.7 Å². The number of hydroxylamine groups is 3. The summed E-state index contributed by atoms with van der Waals surface area (Å²) in [5, 5.41) is 33.2. The second-order valence-electron chi connectivity index (χ2n) is 8.44. The summed E-state index contributed by atoms with van der Waals surface area (Å²) in [5.74, 6) is -3.34. The molecule has 4 N–H and O–H groups in total. The highest BCUT2D eigenvalue weighted by molar-refractivity contribution is 7.90. The van der Waals surface area contributed by atoms with Crippen LogP contribution in [0.4, 0.5) is 0 Å². The van der Waals surface area contributed by atoms with E-state index in [4.69, 9.17) is 0 Å². The SMILES string of the molecule is CC(C)C[C@H]1C(=O)[N+](O)([C@H](CO)Cc2ccc(O)cc2)C(=O)[C@@H]1CNCS(C)(=O)=O. The fourth-order valence-electron chi connectivity index (χ4n) is 3.94. The Balaban J connectivity index is 2.31. The lowest BCUT2D eigenvalue weighted by molar-refractivity contribution is -0.992. The summed E-state index contributed by atoms with van der Waals surface area (Å²) in [5.41, 5.74) is 0.637. The van der Waals surface area contributed by atoms with Crippen molar-refractivity contribution in [1.82, 2.24) is 5.32 Å². The van der Waals surface area contributed by atoms with Crippen LogP contribution in [0.3, 0.4) is 0 Å². The van der Waals surface area contributed by atoms with Crippen LogP contribution in [0.25, 0.3) is 0 Å². The minimum atomic E-state index is -3.32. The van der Waals surface area contributed by atoms with E-state index in [0.29, 0.717) is 12.0 Å². The number of sulfone groups is 1. The number of nitrogens with zero attached hydrogens (tertiary/aromatic N) is 1. The summed E-state index contributed by atoms with van der Waals surface area (Å²) in [7, 11) is -3.32. The van der Waals surface area contributed by atoms with E-state index in [1.807, 2.05) is 13.8 Å². The van der Waals surface area contributed by atoms with Crippen molar-refractivity contribution < 1.29 is 38.1 Å². The average Bonchev–Trinajstić information content (AvgIpc) is 2.82. The first-order chi connectivity index (χ1) is 13.9. The molecule has 1 aliphatic heterocycles. The maximum Gasteiger partial charge on any atom is 0.358 e. The van der Waals surface area contributed by atoms with Crippen LogP contribution in [0.15, 0.2) is 24.3 Å². The van der Waals surface area contributed by atoms with Gasteiger partial charge >= 0.3 is 11.8 Å². The summed E-state index contributed by atoms with van der Waals surface area (Å²) in [6.45, 7) is 3.12. The summed E-state index contributed by atoms with van der Waals surface area (Å²) in [6.07, 6.45) is 1.45. The van der Waals surface area contributed by atoms with Gasteiger partial charge in [0.25, 0.3) is 0 Å². The van der Waals surface area contributed by atoms with Gasteiger partial charge in [-0.1, -0.05) is 30.6 Å². The minimum absolute atomic E-state index is 0.0443. The smallest absolute Gasteiger partial charge is 0.358 e. The van der Waals surface area contributed by atoms with Crippen LogP contribution in [0, 0.1) is 17.8 Å². The Labute approximate surface area is 176 Å². The lowest BCUT2D eigenvalue weighted by Crippen LogP contribution is -2.60. The van der Waals surface area contributed by atoms with Crippen LogP contribution < -0.4 is 5.32 Å². The number of carbonyl (C=O) groups excluding carboxylic acids is 2. The number of aliphatic hydroxyl groups excluding tert-OH is 1. The molecule has 1 unspecified atom stereocenters. The van der Waals surface area contributed by atoms with Crippen molar-refractivity contribution in [3.8, 4) is 5.75 Å². The molecule has 0 aromatic heterocycles. The number of hydrogen-bond donors (Lipinski definition) is 4. The number of aliphatic hydroxyl groups is 1. The molecule has 1 aromatic carbocycles. The number of imide groups is 1. The van der Waals surface area contributed by atoms with Crippen LogP contribution in [-0.2, 0) is 25.8 Å². The van der Waals surface area contributed by atoms with Gasteiger partial charge in [0.05, 0.1) is 18.4 Å². The molecule has 2 rings (SSSR count). The van der Waals surface area contributed by atoms with Crippen molar-refractivity contribution in [2.24, 2.45) is 17.8 Å². The summed E-state index contributed by atoms with van der Waals surface area (Å²) in [6, 6.07) is 4.96. The number of amides is 2. The molecule has 1 saturated heterocycles. The molecule has 0 saturated carbocycles. The highest BCUT2D eigenvalue weighted by Crippen LogP contribution is 2.38. The van der Waals surface area contributed by atoms with Gasteiger partial charge in [-0.2, -0.15) is 0 Å². The van der Waals surface area contributed by atoms with Gasteiger partial charge in [0.2, 0.25) is 0 Å². The molecule has 0 radical (unpaired) electrons. The van der Waals surface area contributed by atoms with Gasteiger partial charge in [0.15, 0.2) is 15.9 Å². The fourth-order valence-corrected chi connectivity index (χ4v) is 4.43. The van der Waals surface area contributed by atoms with Crippen LogP contribution in [0.1, 0.15) is 25.8 Å². The molecule has 4 atom stereocenters. The molecule has 2 amide bonds. The van der Waals surface area contributed by atoms with E-state index < -0.39 is 50.8 Å². The number of nitrogens with one attached hydrogen (secondary N) is 1. The molecule has 1 aliphatic rings. The van der Waals surface area contributed by atoms with E-state index in [-0.39, 0.29) is 30.5 Å². The number of hydrogen-bond acceptors (Lipinski definition) is 8. The zero-order chi connectivity index (χ0) is 22.7. The van der Waals surface area contributed by atoms with Crippen LogP contribution >= 0.6 is 0 Å². The summed E-state index contributed by atoms with van der Waals surface area (Å²) < 4.78 is 21.3. The van der Waals surface area contributed by atoms with Gasteiger partial charge in [0.1, 0.15) is 11.7 Å². The number of carbonyl (C=O) groups is 2. The molecule has 30 heavy (non-hydrogen) atoms. The van der Waals surface area contributed by atoms with Crippen LogP contribution in [0.2, 0.25) is 0 Å². The summed E-state index contributed by atoms with van der Waals surface area (Å²) in [4.78, 5) is 26.4. The maximum atomic E-state index is 13.2. The lowest BCUT2D eigenvalue weighted by atomic mass is 9.87. The Morgan fingerprint density at radius 3 is 2.17 bits per heavy atom. The zero-order valence-electron chi connectivity index (χ0n) is 17.5. The fraction of sp³-hybridized carbons (Fsp3) is 0.600. The number of phenolic OH excluding ortho intramolecular Hbond substituents is 1. The third kappa shape index (κ3) is 5.44. The van der Waals surface area contributed by atoms with Gasteiger partial charge in [-0.05, 0) is 30.0 Å². The van der Waals surface area contributed by atoms with E-state index in [2.05, 4.69) is 5.32 Å². The molecule has 168 valence electrons. The highest BCUT2D eigenvalue weighted by Gasteiger charge is 2.65. The van der Waals surface area contributed by atoms with Crippen molar-refractivity contribution in [2.75, 3.05) is 25.3 Å². The highest BCUT2D eigenvalue weighted by atomic mass is 32.2. The van der Waals surface area contributed by atoms with E-state index in [1.165, 1.54) is 12.1 Å². The van der Waals surface area contributed by atoms with Gasteiger partial charge in [-0.15, -0.1) is 0 Å². The monoisotopic (exact) mass is 443 g/mol. The second kappa shape index (κ2) is 9.52. The van der Waals surface area contributed by atoms with Gasteiger partial charge < -0.3 is 15.5 Å². The molecule has 0 aliphatic carbocycles. The Morgan fingerprint density at radius 1 is 1.10 bits per heavy atom. The van der Waals surface area contributed by atoms with Gasteiger partial charge in [-0.25, -0.2) is 23.2 Å². The van der Waals surface area contributed by atoms with Gasteiger partial charge in [0, 0.05) is 19.2 Å². The molecule has 10 heteroatoms. The Morgan fingerprint density at radius 2 is 1.67 bits per heavy atom. The molecule has 0 spiro atoms. The summed E-state index contributed by atoms with van der Waals surface area (Å²) >= 11 is 0. The quantitative estimate of drug-likeness (QED) is 0.232. The topological polar surface area (TPSA) is 141 Å². The number of phenols is 1. The first-order valence-electron chi connectivity index (χ1n) is 9.87. The van der Waals surface area contributed by atoms with E-state index in [9.17, 15) is 33.4 Å². The maximum absolute atomic E-state index is 13.2. The van der Waals surface area contributed by atoms with Crippen LogP contribution in [0.5, 0.6) is 5.75 Å². The largest absolute Gasteiger partial charge is 0.508 e. The second-order valence-corrected chi connectivity index (χ2v) is 10.6. The molecule has 9 nitrogen and oxygen atoms in total. The van der Waals surface area contributed by atoms with Crippen molar-refractivity contribution in [3.05, 3.63) is 29.8 Å². The van der Waals surface area contributed by atoms with E-state index in [0.717, 1.165) is 6.26 Å². The first-order valence-corrected chi connectivity index (χ1v) is 11.9. The van der Waals surface area contributed by atoms with Crippen molar-refractivity contribution in [1.29, 1.82) is 0 Å². The number of quaternary nitrogens is 1. The Kier molecular flexibility index (Phi) is 7.75. The molecule has 1 heterocycles. The Bertz CT molecular complexity index is 870. The van der Waals surface area contributed by atoms with Crippen LogP contribution in [-0.4, -0.2) is 71.6 Å². The number of rotatable bonds is 10. The average molecular weight is 444 g/mol. The molecular weight excluding hydrogens is 412 g/mol. The number of likely N-dealkylation sites (tertiary alicyclic amines) is 1.